The second kappa shape index (κ2) is 8.74. The molecular weight excluding hydrogens is 434 g/mol. The monoisotopic (exact) mass is 461 g/mol. The minimum atomic E-state index is -0.714. The first-order chi connectivity index (χ1) is 16.0. The van der Waals surface area contributed by atoms with Crippen molar-refractivity contribution < 1.29 is 9.53 Å². The number of benzene rings is 2. The summed E-state index contributed by atoms with van der Waals surface area (Å²) in [5.41, 5.74) is 2.98. The highest BCUT2D eigenvalue weighted by atomic mass is 16.6. The number of nitrogens with zero attached hydrogens (tertiary/aromatic N) is 3. The average molecular weight is 462 g/mol. The fourth-order valence-electron chi connectivity index (χ4n) is 3.68. The van der Waals surface area contributed by atoms with E-state index < -0.39 is 22.8 Å². The summed E-state index contributed by atoms with van der Waals surface area (Å²) < 4.78 is 7.27. The van der Waals surface area contributed by atoms with Crippen molar-refractivity contribution in [3.63, 3.8) is 0 Å². The zero-order valence-corrected chi connectivity index (χ0v) is 19.9. The van der Waals surface area contributed by atoms with Gasteiger partial charge in [-0.25, -0.2) is 14.6 Å². The number of hydrogen-bond acceptors (Lipinski definition) is 7. The maximum absolute atomic E-state index is 12.4. The van der Waals surface area contributed by atoms with E-state index in [1.54, 1.807) is 18.2 Å². The lowest BCUT2D eigenvalue weighted by Gasteiger charge is -2.20. The highest BCUT2D eigenvalue weighted by molar-refractivity contribution is 5.90. The molecule has 0 unspecified atom stereocenters. The molecule has 0 saturated carbocycles. The Morgan fingerprint density at radius 2 is 1.82 bits per heavy atom. The van der Waals surface area contributed by atoms with Crippen LogP contribution in [0.3, 0.4) is 0 Å². The number of carbonyl (C=O) groups excluding carboxylic acids is 1. The van der Waals surface area contributed by atoms with Gasteiger partial charge in [0.25, 0.3) is 5.56 Å². The topological polar surface area (TPSA) is 119 Å². The van der Waals surface area contributed by atoms with Crippen LogP contribution in [-0.2, 0) is 11.3 Å². The molecular formula is C25H27N5O4. The van der Waals surface area contributed by atoms with Gasteiger partial charge in [0.1, 0.15) is 5.60 Å². The molecule has 2 heterocycles. The highest BCUT2D eigenvalue weighted by Gasteiger charge is 2.20. The quantitative estimate of drug-likeness (QED) is 0.346. The smallest absolute Gasteiger partial charge is 0.349 e. The zero-order valence-electron chi connectivity index (χ0n) is 19.9. The number of carbonyl (C=O) groups is 1. The number of ether oxygens (including phenoxy) is 1. The minimum absolute atomic E-state index is 0.113. The van der Waals surface area contributed by atoms with Gasteiger partial charge >= 0.3 is 11.7 Å². The van der Waals surface area contributed by atoms with Crippen molar-refractivity contribution in [2.45, 2.75) is 46.8 Å². The molecule has 2 aromatic rings. The van der Waals surface area contributed by atoms with E-state index in [4.69, 9.17) is 4.74 Å². The molecule has 0 amide bonds. The first-order valence-electron chi connectivity index (χ1n) is 11.0. The van der Waals surface area contributed by atoms with Crippen molar-refractivity contribution in [1.29, 1.82) is 0 Å². The number of esters is 1. The Labute approximate surface area is 196 Å². The Kier molecular flexibility index (Phi) is 5.95. The molecule has 2 aliphatic heterocycles. The number of aromatic amines is 1. The van der Waals surface area contributed by atoms with E-state index in [9.17, 15) is 14.4 Å². The normalized spacial score (nSPS) is 11.7. The largest absolute Gasteiger partial charge is 0.456 e. The van der Waals surface area contributed by atoms with E-state index in [1.165, 1.54) is 0 Å². The van der Waals surface area contributed by atoms with Gasteiger partial charge in [-0.3, -0.25) is 9.78 Å². The maximum atomic E-state index is 12.4. The van der Waals surface area contributed by atoms with Crippen molar-refractivity contribution in [3.05, 3.63) is 73.9 Å². The predicted molar refractivity (Wildman–Crippen MR) is 131 cm³/mol. The van der Waals surface area contributed by atoms with Crippen LogP contribution in [0.4, 0.5) is 5.69 Å². The molecule has 0 spiro atoms. The van der Waals surface area contributed by atoms with Gasteiger partial charge in [-0.1, -0.05) is 6.07 Å². The first kappa shape index (κ1) is 23.2. The van der Waals surface area contributed by atoms with Crippen LogP contribution in [0.5, 0.6) is 0 Å². The average Bonchev–Trinajstić information content (AvgIpc) is 2.74. The van der Waals surface area contributed by atoms with Crippen LogP contribution in [0.1, 0.15) is 42.3 Å². The van der Waals surface area contributed by atoms with Gasteiger partial charge in [0.15, 0.2) is 11.5 Å². The lowest BCUT2D eigenvalue weighted by atomic mass is 10.1. The summed E-state index contributed by atoms with van der Waals surface area (Å²) in [7, 11) is 0. The van der Waals surface area contributed by atoms with E-state index in [2.05, 4.69) is 20.3 Å². The fourth-order valence-corrected chi connectivity index (χ4v) is 3.68. The second-order valence-electron chi connectivity index (χ2n) is 9.24. The first-order valence-corrected chi connectivity index (χ1v) is 11.0. The Morgan fingerprint density at radius 3 is 2.56 bits per heavy atom. The number of aromatic nitrogens is 4. The molecule has 2 N–H and O–H groups in total. The Morgan fingerprint density at radius 1 is 1.09 bits per heavy atom. The molecule has 0 saturated heterocycles. The molecule has 0 fully saturated rings. The standard InChI is InChI=1S/C25H27N5O4/c1-14-11-18-19(12-15(14)2)30(21-20(27-18)22(31)29-24(33)28-21)10-9-26-17-8-6-7-16(13-17)23(32)34-25(3,4)5/h6-8,11-13,26H,9-10H2,1-5H3,(H,29,31,33). The van der Waals surface area contributed by atoms with E-state index in [1.807, 2.05) is 57.4 Å². The summed E-state index contributed by atoms with van der Waals surface area (Å²) in [5, 5.41) is 3.30. The lowest BCUT2D eigenvalue weighted by molar-refractivity contribution is 0.00695. The molecule has 9 heteroatoms. The highest BCUT2D eigenvalue weighted by Crippen LogP contribution is 2.24. The molecule has 2 aliphatic rings. The van der Waals surface area contributed by atoms with Crippen LogP contribution in [-0.4, -0.2) is 37.6 Å². The second-order valence-corrected chi connectivity index (χ2v) is 9.24. The zero-order chi connectivity index (χ0) is 24.6. The third-order valence-electron chi connectivity index (χ3n) is 5.39. The summed E-state index contributed by atoms with van der Waals surface area (Å²) in [6, 6.07) is 11.0. The maximum Gasteiger partial charge on any atom is 0.349 e. The number of fused-ring (bicyclic) bond motifs is 2. The summed E-state index contributed by atoms with van der Waals surface area (Å²) in [6.45, 7) is 10.3. The lowest BCUT2D eigenvalue weighted by Crippen LogP contribution is -2.29. The third-order valence-corrected chi connectivity index (χ3v) is 5.39. The van der Waals surface area contributed by atoms with E-state index in [0.717, 1.165) is 22.3 Å². The van der Waals surface area contributed by atoms with Crippen molar-refractivity contribution in [3.8, 4) is 11.5 Å². The van der Waals surface area contributed by atoms with E-state index >= 15 is 0 Å². The van der Waals surface area contributed by atoms with Gasteiger partial charge in [0.2, 0.25) is 0 Å². The van der Waals surface area contributed by atoms with Crippen LogP contribution in [0, 0.1) is 13.8 Å². The van der Waals surface area contributed by atoms with Crippen molar-refractivity contribution in [2.24, 2.45) is 0 Å². The Bertz CT molecular complexity index is 1480. The van der Waals surface area contributed by atoms with Crippen molar-refractivity contribution in [1.82, 2.24) is 19.5 Å². The molecule has 0 radical (unpaired) electrons. The molecule has 0 aromatic heterocycles. The van der Waals surface area contributed by atoms with Gasteiger partial charge in [0, 0.05) is 18.8 Å². The molecule has 2 aromatic carbocycles. The number of aryl methyl sites for hydroxylation is 2. The molecule has 0 aliphatic carbocycles. The van der Waals surface area contributed by atoms with E-state index in [-0.39, 0.29) is 11.5 Å². The SMILES string of the molecule is Cc1cc2nc3c(=O)[nH]c(=O)nc-3n(CCNc3cccc(C(=O)OC(C)(C)C)c3)c2cc1C. The van der Waals surface area contributed by atoms with Crippen LogP contribution in [0.25, 0.3) is 22.6 Å². The van der Waals surface area contributed by atoms with Crippen LogP contribution in [0.15, 0.2) is 46.0 Å². The number of hydrogen-bond donors (Lipinski definition) is 2. The number of anilines is 1. The summed E-state index contributed by atoms with van der Waals surface area (Å²) in [5.74, 6) is -0.164. The van der Waals surface area contributed by atoms with Crippen LogP contribution < -0.4 is 16.6 Å². The molecule has 0 bridgehead atoms. The summed E-state index contributed by atoms with van der Waals surface area (Å²) >= 11 is 0. The molecule has 176 valence electrons. The molecule has 9 nitrogen and oxygen atoms in total. The molecule has 0 atom stereocenters. The fraction of sp³-hybridized carbons (Fsp3) is 0.320. The summed E-state index contributed by atoms with van der Waals surface area (Å²) in [4.78, 5) is 47.4. The number of H-pyrrole nitrogens is 1. The van der Waals surface area contributed by atoms with Gasteiger partial charge in [-0.2, -0.15) is 4.98 Å². The molecule has 34 heavy (non-hydrogen) atoms. The van der Waals surface area contributed by atoms with Gasteiger partial charge in [0.05, 0.1) is 16.6 Å². The summed E-state index contributed by atoms with van der Waals surface area (Å²) in [6.07, 6.45) is 0. The predicted octanol–water partition coefficient (Wildman–Crippen LogP) is 3.27. The molecule has 4 rings (SSSR count). The van der Waals surface area contributed by atoms with E-state index in [0.29, 0.717) is 24.2 Å². The van der Waals surface area contributed by atoms with Crippen molar-refractivity contribution >= 4 is 22.7 Å². The Balaban J connectivity index is 1.65. The number of rotatable bonds is 5. The van der Waals surface area contributed by atoms with Crippen LogP contribution in [0.2, 0.25) is 0 Å². The minimum Gasteiger partial charge on any atom is -0.456 e. The number of nitrogens with one attached hydrogen (secondary N) is 2. The third kappa shape index (κ3) is 4.83. The Hall–Kier alpha value is -4.01. The van der Waals surface area contributed by atoms with Gasteiger partial charge < -0.3 is 14.6 Å². The van der Waals surface area contributed by atoms with Gasteiger partial charge in [-0.05, 0) is 76.1 Å². The van der Waals surface area contributed by atoms with Gasteiger partial charge in [-0.15, -0.1) is 0 Å². The van der Waals surface area contributed by atoms with Crippen LogP contribution >= 0.6 is 0 Å². The van der Waals surface area contributed by atoms with Crippen molar-refractivity contribution in [2.75, 3.05) is 11.9 Å².